The van der Waals surface area contributed by atoms with Gasteiger partial charge in [0.1, 0.15) is 11.7 Å². The van der Waals surface area contributed by atoms with Crippen LogP contribution < -0.4 is 21.5 Å². The van der Waals surface area contributed by atoms with Crippen LogP contribution in [0.25, 0.3) is 0 Å². The zero-order valence-electron chi connectivity index (χ0n) is 23.6. The van der Waals surface area contributed by atoms with E-state index in [2.05, 4.69) is 54.5 Å². The molecular formula is C28H37BrN6O5S. The van der Waals surface area contributed by atoms with Crippen molar-refractivity contribution in [2.75, 3.05) is 11.9 Å². The van der Waals surface area contributed by atoms with Crippen LogP contribution in [0, 0.1) is 17.3 Å². The molecule has 41 heavy (non-hydrogen) atoms. The molecule has 2 bridgehead atoms. The smallest absolute Gasteiger partial charge is 0.287 e. The van der Waals surface area contributed by atoms with Crippen molar-refractivity contribution in [2.45, 2.75) is 82.6 Å². The Bertz CT molecular complexity index is 1350. The van der Waals surface area contributed by atoms with E-state index >= 15 is 0 Å². The third-order valence-corrected chi connectivity index (χ3v) is 9.33. The molecule has 11 nitrogen and oxygen atoms in total. The van der Waals surface area contributed by atoms with Gasteiger partial charge in [-0.3, -0.25) is 24.0 Å². The fraction of sp³-hybridized carbons (Fsp3) is 0.607. The predicted molar refractivity (Wildman–Crippen MR) is 159 cm³/mol. The summed E-state index contributed by atoms with van der Waals surface area (Å²) >= 11 is 4.88. The molecule has 0 aliphatic heterocycles. The molecule has 0 aromatic carbocycles. The van der Waals surface area contributed by atoms with E-state index in [1.54, 1.807) is 23.8 Å². The van der Waals surface area contributed by atoms with Crippen LogP contribution in [0.4, 0.5) is 5.69 Å². The summed E-state index contributed by atoms with van der Waals surface area (Å²) in [5.41, 5.74) is -0.337. The van der Waals surface area contributed by atoms with Crippen molar-refractivity contribution < 1.29 is 19.2 Å². The number of amides is 3. The largest absolute Gasteiger partial charge is 0.350 e. The standard InChI is InChI=1S/C28H37BrN6O5S/c1-4-30-25(39)22(36)8-7-19(32-24(38)21-14-31-41-34-21)23(37)33-20-6-5-9-35(26(20)40)16-27(3)12-18-10-17(2)11-28(29,13-18)15-27/h5-6,9,14,17-19H,4,7-8,10-13,15-16H2,1-3H3,(H,30,39)(H,32,38)(H,33,37). The highest BCUT2D eigenvalue weighted by atomic mass is 79.9. The molecule has 13 heteroatoms. The van der Waals surface area contributed by atoms with Crippen LogP contribution in [0.2, 0.25) is 0 Å². The van der Waals surface area contributed by atoms with Gasteiger partial charge in [-0.1, -0.05) is 29.8 Å². The number of Topliss-reactive ketones (excluding diaryl/α,β-unsaturated/α-hetero) is 1. The first-order valence-corrected chi connectivity index (χ1v) is 15.5. The fourth-order valence-corrected chi connectivity index (χ4v) is 8.82. The first-order chi connectivity index (χ1) is 19.4. The topological polar surface area (TPSA) is 152 Å². The molecule has 2 fully saturated rings. The van der Waals surface area contributed by atoms with E-state index in [4.69, 9.17) is 0 Å². The third-order valence-electron chi connectivity index (χ3n) is 7.93. The number of pyridine rings is 1. The number of ketones is 1. The second-order valence-corrected chi connectivity index (χ2v) is 14.2. The zero-order valence-corrected chi connectivity index (χ0v) is 26.0. The predicted octanol–water partition coefficient (Wildman–Crippen LogP) is 3.29. The number of hydrogen-bond donors (Lipinski definition) is 3. The lowest BCUT2D eigenvalue weighted by Crippen LogP contribution is -2.47. The summed E-state index contributed by atoms with van der Waals surface area (Å²) in [5, 5.41) is 7.63. The molecule has 5 atom stereocenters. The van der Waals surface area contributed by atoms with Crippen molar-refractivity contribution in [1.29, 1.82) is 0 Å². The number of rotatable bonds is 11. The summed E-state index contributed by atoms with van der Waals surface area (Å²) in [5.74, 6) is -1.51. The summed E-state index contributed by atoms with van der Waals surface area (Å²) < 4.78 is 9.40. The maximum Gasteiger partial charge on any atom is 0.287 e. The van der Waals surface area contributed by atoms with Gasteiger partial charge in [0.05, 0.1) is 17.9 Å². The second kappa shape index (κ2) is 12.9. The molecule has 2 aliphatic carbocycles. The number of anilines is 1. The number of hydrogen-bond acceptors (Lipinski definition) is 8. The van der Waals surface area contributed by atoms with E-state index < -0.39 is 29.5 Å². The van der Waals surface area contributed by atoms with Gasteiger partial charge in [0.2, 0.25) is 11.7 Å². The Hall–Kier alpha value is -2.93. The lowest BCUT2D eigenvalue weighted by Gasteiger charge is -2.52. The number of nitrogens with one attached hydrogen (secondary N) is 3. The molecule has 2 aliphatic rings. The van der Waals surface area contributed by atoms with Gasteiger partial charge in [0.15, 0.2) is 5.69 Å². The molecule has 0 radical (unpaired) electrons. The van der Waals surface area contributed by atoms with E-state index in [9.17, 15) is 24.0 Å². The third kappa shape index (κ3) is 7.88. The number of fused-ring (bicyclic) bond motifs is 2. The van der Waals surface area contributed by atoms with Gasteiger partial charge in [-0.2, -0.15) is 8.75 Å². The number of alkyl halides is 1. The molecule has 2 aromatic heterocycles. The highest BCUT2D eigenvalue weighted by molar-refractivity contribution is 9.10. The fourth-order valence-electron chi connectivity index (χ4n) is 6.72. The maximum atomic E-state index is 13.5. The lowest BCUT2D eigenvalue weighted by atomic mass is 9.59. The highest BCUT2D eigenvalue weighted by Gasteiger charge is 2.48. The minimum atomic E-state index is -1.19. The van der Waals surface area contributed by atoms with Crippen molar-refractivity contribution in [2.24, 2.45) is 17.3 Å². The number of aromatic nitrogens is 3. The minimum absolute atomic E-state index is 0.0226. The van der Waals surface area contributed by atoms with Crippen LogP contribution in [0.1, 0.15) is 76.2 Å². The Morgan fingerprint density at radius 3 is 2.71 bits per heavy atom. The number of halogens is 1. The Kier molecular flexibility index (Phi) is 9.78. The first-order valence-electron chi connectivity index (χ1n) is 14.0. The van der Waals surface area contributed by atoms with Crippen molar-refractivity contribution >= 4 is 56.9 Å². The summed E-state index contributed by atoms with van der Waals surface area (Å²) in [4.78, 5) is 63.6. The van der Waals surface area contributed by atoms with Gasteiger partial charge in [-0.15, -0.1) is 0 Å². The van der Waals surface area contributed by atoms with Gasteiger partial charge in [0, 0.05) is 30.0 Å². The Labute approximate surface area is 251 Å². The van der Waals surface area contributed by atoms with E-state index in [1.165, 1.54) is 18.7 Å². The van der Waals surface area contributed by atoms with Crippen LogP contribution in [-0.2, 0) is 20.9 Å². The van der Waals surface area contributed by atoms with Crippen molar-refractivity contribution in [3.63, 3.8) is 0 Å². The quantitative estimate of drug-likeness (QED) is 0.250. The normalized spacial score (nSPS) is 26.0. The van der Waals surface area contributed by atoms with Crippen molar-refractivity contribution in [1.82, 2.24) is 23.9 Å². The Morgan fingerprint density at radius 1 is 1.24 bits per heavy atom. The van der Waals surface area contributed by atoms with Gasteiger partial charge in [-0.25, -0.2) is 0 Å². The molecular weight excluding hydrogens is 612 g/mol. The number of nitrogens with zero attached hydrogens (tertiary/aromatic N) is 3. The zero-order chi connectivity index (χ0) is 29.8. The van der Waals surface area contributed by atoms with Gasteiger partial charge in [-0.05, 0) is 74.8 Å². The molecule has 2 heterocycles. The first kappa shape index (κ1) is 31.0. The second-order valence-electron chi connectivity index (χ2n) is 11.9. The molecule has 0 saturated heterocycles. The molecule has 3 amide bonds. The van der Waals surface area contributed by atoms with Gasteiger partial charge >= 0.3 is 0 Å². The van der Waals surface area contributed by atoms with Crippen molar-refractivity contribution in [3.05, 3.63) is 40.6 Å². The molecule has 4 rings (SSSR count). The number of likely N-dealkylation sites (N-methyl/N-ethyl adjacent to an activating group) is 1. The molecule has 2 aromatic rings. The van der Waals surface area contributed by atoms with Crippen LogP contribution in [0.15, 0.2) is 29.3 Å². The Balaban J connectivity index is 1.48. The van der Waals surface area contributed by atoms with E-state index in [0.717, 1.165) is 37.4 Å². The highest BCUT2D eigenvalue weighted by Crippen LogP contribution is 2.56. The maximum absolute atomic E-state index is 13.5. The molecule has 5 unspecified atom stereocenters. The van der Waals surface area contributed by atoms with Crippen LogP contribution in [0.5, 0.6) is 0 Å². The van der Waals surface area contributed by atoms with Gasteiger partial charge < -0.3 is 20.5 Å². The Morgan fingerprint density at radius 2 is 2.02 bits per heavy atom. The SMILES string of the molecule is CCNC(=O)C(=O)CCC(NC(=O)c1cnsn1)C(=O)Nc1cccn(CC2(C)CC3CC(C)CC(Br)(C3)C2)c1=O. The average molecular weight is 650 g/mol. The van der Waals surface area contributed by atoms with E-state index in [0.29, 0.717) is 18.4 Å². The lowest BCUT2D eigenvalue weighted by molar-refractivity contribution is -0.138. The number of carbonyl (C=O) groups is 4. The van der Waals surface area contributed by atoms with E-state index in [1.807, 2.05) is 0 Å². The monoisotopic (exact) mass is 648 g/mol. The molecule has 2 saturated carbocycles. The van der Waals surface area contributed by atoms with Crippen LogP contribution in [0.3, 0.4) is 0 Å². The summed E-state index contributed by atoms with van der Waals surface area (Å²) in [7, 11) is 0. The molecule has 3 N–H and O–H groups in total. The average Bonchev–Trinajstić information content (AvgIpc) is 3.42. The summed E-state index contributed by atoms with van der Waals surface area (Å²) in [6.07, 6.45) is 8.05. The van der Waals surface area contributed by atoms with Crippen LogP contribution in [-0.4, -0.2) is 53.7 Å². The minimum Gasteiger partial charge on any atom is -0.350 e. The summed E-state index contributed by atoms with van der Waals surface area (Å²) in [6, 6.07) is 2.04. The number of carbonyl (C=O) groups excluding carboxylic acids is 4. The van der Waals surface area contributed by atoms with Crippen LogP contribution >= 0.6 is 27.7 Å². The van der Waals surface area contributed by atoms with Gasteiger partial charge in [0.25, 0.3) is 17.4 Å². The van der Waals surface area contributed by atoms with Crippen molar-refractivity contribution in [3.8, 4) is 0 Å². The molecule has 222 valence electrons. The summed E-state index contributed by atoms with van der Waals surface area (Å²) in [6.45, 7) is 7.03. The molecule has 0 spiro atoms. The van der Waals surface area contributed by atoms with E-state index in [-0.39, 0.29) is 46.1 Å².